The number of benzene rings is 1. The number of alkyl halides is 3. The Bertz CT molecular complexity index is 783. The van der Waals surface area contributed by atoms with E-state index >= 15 is 0 Å². The molecule has 2 heterocycles. The Morgan fingerprint density at radius 3 is 2.70 bits per heavy atom. The van der Waals surface area contributed by atoms with Crippen LogP contribution in [0.15, 0.2) is 36.4 Å². The van der Waals surface area contributed by atoms with Gasteiger partial charge in [0.15, 0.2) is 10.8 Å². The van der Waals surface area contributed by atoms with E-state index in [4.69, 9.17) is 21.7 Å². The number of hydrogen-bond donors (Lipinski definition) is 2. The molecular formula is C17H17F3N4O2S. The zero-order chi connectivity index (χ0) is 19.3. The fourth-order valence-electron chi connectivity index (χ4n) is 2.45. The average molecular weight is 398 g/mol. The summed E-state index contributed by atoms with van der Waals surface area (Å²) in [6, 6.07) is 9.11. The summed E-state index contributed by atoms with van der Waals surface area (Å²) in [5.41, 5.74) is -1.13. The van der Waals surface area contributed by atoms with Crippen molar-refractivity contribution in [2.24, 2.45) is 0 Å². The van der Waals surface area contributed by atoms with Gasteiger partial charge in [-0.1, -0.05) is 18.2 Å². The molecule has 1 atom stereocenters. The highest BCUT2D eigenvalue weighted by molar-refractivity contribution is 7.80. The Kier molecular flexibility index (Phi) is 6.07. The molecule has 0 radical (unpaired) electrons. The Balaban J connectivity index is 1.72. The SMILES string of the molecule is FC(F)(F)c1cc(Oc2ccccc2)nc(NC(=S)NCC2CCCO2)n1. The minimum atomic E-state index is -4.65. The molecule has 0 bridgehead atoms. The number of anilines is 1. The van der Waals surface area contributed by atoms with E-state index in [1.165, 1.54) is 0 Å². The molecular weight excluding hydrogens is 381 g/mol. The van der Waals surface area contributed by atoms with Crippen LogP contribution in [0.1, 0.15) is 18.5 Å². The van der Waals surface area contributed by atoms with Crippen LogP contribution in [0.2, 0.25) is 0 Å². The lowest BCUT2D eigenvalue weighted by Gasteiger charge is -2.15. The number of halogens is 3. The summed E-state index contributed by atoms with van der Waals surface area (Å²) >= 11 is 5.10. The number of rotatable bonds is 5. The number of para-hydroxylation sites is 1. The van der Waals surface area contributed by atoms with Crippen molar-refractivity contribution in [3.8, 4) is 11.6 Å². The van der Waals surface area contributed by atoms with Crippen molar-refractivity contribution in [3.05, 3.63) is 42.1 Å². The van der Waals surface area contributed by atoms with Crippen LogP contribution in [0, 0.1) is 0 Å². The molecule has 1 aliphatic rings. The summed E-state index contributed by atoms with van der Waals surface area (Å²) in [6.07, 6.45) is -2.74. The molecule has 1 aromatic carbocycles. The van der Waals surface area contributed by atoms with Crippen molar-refractivity contribution in [2.45, 2.75) is 25.1 Å². The van der Waals surface area contributed by atoms with Crippen LogP contribution in [0.4, 0.5) is 19.1 Å². The first kappa shape index (κ1) is 19.3. The van der Waals surface area contributed by atoms with Gasteiger partial charge in [0.1, 0.15) is 5.75 Å². The van der Waals surface area contributed by atoms with Gasteiger partial charge >= 0.3 is 6.18 Å². The molecule has 1 aromatic heterocycles. The van der Waals surface area contributed by atoms with Gasteiger partial charge in [0.05, 0.1) is 6.10 Å². The van der Waals surface area contributed by atoms with Gasteiger partial charge < -0.3 is 20.1 Å². The zero-order valence-corrected chi connectivity index (χ0v) is 14.9. The van der Waals surface area contributed by atoms with E-state index in [1.807, 2.05) is 0 Å². The number of nitrogens with zero attached hydrogens (tertiary/aromatic N) is 2. The molecule has 1 saturated heterocycles. The van der Waals surface area contributed by atoms with Gasteiger partial charge in [0.2, 0.25) is 11.8 Å². The lowest BCUT2D eigenvalue weighted by molar-refractivity contribution is -0.141. The van der Waals surface area contributed by atoms with Gasteiger partial charge in [-0.05, 0) is 37.2 Å². The summed E-state index contributed by atoms with van der Waals surface area (Å²) in [5.74, 6) is -0.192. The molecule has 3 rings (SSSR count). The van der Waals surface area contributed by atoms with E-state index in [1.54, 1.807) is 30.3 Å². The smallest absolute Gasteiger partial charge is 0.433 e. The lowest BCUT2D eigenvalue weighted by Crippen LogP contribution is -2.35. The second kappa shape index (κ2) is 8.49. The van der Waals surface area contributed by atoms with Crippen molar-refractivity contribution in [3.63, 3.8) is 0 Å². The number of ether oxygens (including phenoxy) is 2. The molecule has 0 amide bonds. The maximum atomic E-state index is 13.1. The van der Waals surface area contributed by atoms with Crippen LogP contribution in [-0.2, 0) is 10.9 Å². The topological polar surface area (TPSA) is 68.3 Å². The molecule has 10 heteroatoms. The van der Waals surface area contributed by atoms with Gasteiger partial charge in [-0.25, -0.2) is 4.98 Å². The molecule has 6 nitrogen and oxygen atoms in total. The standard InChI is InChI=1S/C17H17F3N4O2S/c18-17(19,20)13-9-14(26-11-5-2-1-3-6-11)23-15(22-13)24-16(27)21-10-12-7-4-8-25-12/h1-3,5-6,9,12H,4,7-8,10H2,(H2,21,22,23,24,27). The predicted octanol–water partition coefficient (Wildman–Crippen LogP) is 3.75. The van der Waals surface area contributed by atoms with Crippen LogP contribution in [0.3, 0.4) is 0 Å². The van der Waals surface area contributed by atoms with Gasteiger partial charge in [0.25, 0.3) is 0 Å². The highest BCUT2D eigenvalue weighted by atomic mass is 32.1. The third-order valence-electron chi connectivity index (χ3n) is 3.70. The van der Waals surface area contributed by atoms with E-state index in [0.717, 1.165) is 18.9 Å². The van der Waals surface area contributed by atoms with E-state index in [2.05, 4.69) is 20.6 Å². The third kappa shape index (κ3) is 5.76. The first-order valence-electron chi connectivity index (χ1n) is 8.26. The quantitative estimate of drug-likeness (QED) is 0.744. The number of thiocarbonyl (C=S) groups is 1. The van der Waals surface area contributed by atoms with Crippen molar-refractivity contribution >= 4 is 23.3 Å². The molecule has 2 N–H and O–H groups in total. The van der Waals surface area contributed by atoms with E-state index in [9.17, 15) is 13.2 Å². The second-order valence-corrected chi connectivity index (χ2v) is 6.21. The van der Waals surface area contributed by atoms with Crippen molar-refractivity contribution in [2.75, 3.05) is 18.5 Å². The summed E-state index contributed by atoms with van der Waals surface area (Å²) < 4.78 is 50.3. The normalized spacial score (nSPS) is 16.8. The minimum Gasteiger partial charge on any atom is -0.439 e. The van der Waals surface area contributed by atoms with Gasteiger partial charge in [0, 0.05) is 19.2 Å². The first-order valence-corrected chi connectivity index (χ1v) is 8.66. The van der Waals surface area contributed by atoms with Crippen LogP contribution in [0.5, 0.6) is 11.6 Å². The average Bonchev–Trinajstić information content (AvgIpc) is 3.13. The van der Waals surface area contributed by atoms with E-state index < -0.39 is 11.9 Å². The Morgan fingerprint density at radius 1 is 1.26 bits per heavy atom. The highest BCUT2D eigenvalue weighted by Crippen LogP contribution is 2.31. The Morgan fingerprint density at radius 2 is 2.04 bits per heavy atom. The molecule has 144 valence electrons. The molecule has 2 aromatic rings. The third-order valence-corrected chi connectivity index (χ3v) is 3.94. The van der Waals surface area contributed by atoms with Crippen molar-refractivity contribution in [1.82, 2.24) is 15.3 Å². The molecule has 0 saturated carbocycles. The Labute approximate surface area is 159 Å². The van der Waals surface area contributed by atoms with Crippen molar-refractivity contribution in [1.29, 1.82) is 0 Å². The van der Waals surface area contributed by atoms with Crippen LogP contribution >= 0.6 is 12.2 Å². The zero-order valence-electron chi connectivity index (χ0n) is 14.1. The molecule has 0 spiro atoms. The first-order chi connectivity index (χ1) is 12.9. The monoisotopic (exact) mass is 398 g/mol. The van der Waals surface area contributed by atoms with Gasteiger partial charge in [-0.15, -0.1) is 0 Å². The van der Waals surface area contributed by atoms with E-state index in [0.29, 0.717) is 18.9 Å². The number of aromatic nitrogens is 2. The van der Waals surface area contributed by atoms with Crippen LogP contribution < -0.4 is 15.4 Å². The summed E-state index contributed by atoms with van der Waals surface area (Å²) in [6.45, 7) is 1.15. The minimum absolute atomic E-state index is 0.0316. The largest absolute Gasteiger partial charge is 0.439 e. The second-order valence-electron chi connectivity index (χ2n) is 5.80. The fraction of sp³-hybridized carbons (Fsp3) is 0.353. The van der Waals surface area contributed by atoms with Crippen molar-refractivity contribution < 1.29 is 22.6 Å². The number of hydrogen-bond acceptors (Lipinski definition) is 5. The van der Waals surface area contributed by atoms with Gasteiger partial charge in [-0.2, -0.15) is 18.2 Å². The molecule has 1 fully saturated rings. The maximum absolute atomic E-state index is 13.1. The number of nitrogens with one attached hydrogen (secondary N) is 2. The highest BCUT2D eigenvalue weighted by Gasteiger charge is 2.34. The molecule has 1 unspecified atom stereocenters. The fourth-order valence-corrected chi connectivity index (χ4v) is 2.62. The van der Waals surface area contributed by atoms with E-state index in [-0.39, 0.29) is 23.0 Å². The lowest BCUT2D eigenvalue weighted by atomic mass is 10.2. The summed E-state index contributed by atoms with van der Waals surface area (Å²) in [4.78, 5) is 7.44. The summed E-state index contributed by atoms with van der Waals surface area (Å²) in [7, 11) is 0. The van der Waals surface area contributed by atoms with Crippen LogP contribution in [-0.4, -0.2) is 34.3 Å². The maximum Gasteiger partial charge on any atom is 0.433 e. The molecule has 0 aliphatic carbocycles. The molecule has 1 aliphatic heterocycles. The predicted molar refractivity (Wildman–Crippen MR) is 96.7 cm³/mol. The Hall–Kier alpha value is -2.46. The van der Waals surface area contributed by atoms with Gasteiger partial charge in [-0.3, -0.25) is 0 Å². The summed E-state index contributed by atoms with van der Waals surface area (Å²) in [5, 5.41) is 5.57. The molecule has 27 heavy (non-hydrogen) atoms. The van der Waals surface area contributed by atoms with Crippen LogP contribution in [0.25, 0.3) is 0 Å².